The largest absolute Gasteiger partial charge is 0.444 e. The summed E-state index contributed by atoms with van der Waals surface area (Å²) in [6.07, 6.45) is 6.18. The van der Waals surface area contributed by atoms with E-state index in [1.165, 1.54) is 17.1 Å². The molecule has 0 saturated heterocycles. The Labute approximate surface area is 112 Å². The van der Waals surface area contributed by atoms with Crippen LogP contribution in [0, 0.1) is 0 Å². The van der Waals surface area contributed by atoms with E-state index >= 15 is 0 Å². The molecule has 1 aliphatic rings. The molecule has 0 radical (unpaired) electrons. The highest BCUT2D eigenvalue weighted by Crippen LogP contribution is 2.33. The maximum Gasteiger partial charge on any atom is 0.408 e. The lowest BCUT2D eigenvalue weighted by Crippen LogP contribution is -2.61. The van der Waals surface area contributed by atoms with Gasteiger partial charge in [0.15, 0.2) is 0 Å². The van der Waals surface area contributed by atoms with Crippen molar-refractivity contribution >= 4 is 12.0 Å². The van der Waals surface area contributed by atoms with Crippen molar-refractivity contribution in [3.8, 4) is 0 Å². The van der Waals surface area contributed by atoms with Gasteiger partial charge in [0.2, 0.25) is 0 Å². The topological polar surface area (TPSA) is 73.2 Å². The van der Waals surface area contributed by atoms with Crippen molar-refractivity contribution in [3.63, 3.8) is 0 Å². The number of nitrogens with one attached hydrogen (secondary N) is 1. The van der Waals surface area contributed by atoms with Crippen LogP contribution in [-0.2, 0) is 4.74 Å². The van der Waals surface area contributed by atoms with Gasteiger partial charge in [0.25, 0.3) is 5.91 Å². The van der Waals surface area contributed by atoms with Crippen molar-refractivity contribution in [1.29, 1.82) is 0 Å². The number of rotatable bonds is 2. The van der Waals surface area contributed by atoms with E-state index in [9.17, 15) is 9.59 Å². The molecule has 0 atom stereocenters. The van der Waals surface area contributed by atoms with Crippen LogP contribution in [0.2, 0.25) is 0 Å². The van der Waals surface area contributed by atoms with E-state index in [2.05, 4.69) is 10.3 Å². The van der Waals surface area contributed by atoms with Crippen LogP contribution in [0.15, 0.2) is 18.7 Å². The van der Waals surface area contributed by atoms with Crippen molar-refractivity contribution in [1.82, 2.24) is 14.9 Å². The number of hydrogen-bond donors (Lipinski definition) is 1. The number of imidazole rings is 1. The molecular weight excluding hydrogens is 246 g/mol. The van der Waals surface area contributed by atoms with Crippen LogP contribution in [0.25, 0.3) is 0 Å². The van der Waals surface area contributed by atoms with Gasteiger partial charge in [0, 0.05) is 12.4 Å². The Bertz CT molecular complexity index is 470. The molecule has 104 valence electrons. The third-order valence-electron chi connectivity index (χ3n) is 3.10. The molecule has 0 spiro atoms. The van der Waals surface area contributed by atoms with Gasteiger partial charge >= 0.3 is 6.09 Å². The number of carbonyl (C=O) groups excluding carboxylic acids is 2. The molecule has 0 bridgehead atoms. The Kier molecular flexibility index (Phi) is 3.34. The van der Waals surface area contributed by atoms with Gasteiger partial charge in [0.1, 0.15) is 17.5 Å². The van der Waals surface area contributed by atoms with E-state index < -0.39 is 17.2 Å². The first kappa shape index (κ1) is 13.6. The summed E-state index contributed by atoms with van der Waals surface area (Å²) in [6.45, 7) is 5.37. The number of hydrogen-bond acceptors (Lipinski definition) is 4. The van der Waals surface area contributed by atoms with Crippen LogP contribution in [-0.4, -0.2) is 32.7 Å². The highest BCUT2D eigenvalue weighted by molar-refractivity contribution is 5.92. The Morgan fingerprint density at radius 2 is 2.05 bits per heavy atom. The Balaban J connectivity index is 2.07. The number of amides is 1. The van der Waals surface area contributed by atoms with Crippen LogP contribution in [0.5, 0.6) is 0 Å². The highest BCUT2D eigenvalue weighted by Gasteiger charge is 2.46. The predicted octanol–water partition coefficient (Wildman–Crippen LogP) is 1.97. The number of nitrogens with zero attached hydrogens (tertiary/aromatic N) is 2. The van der Waals surface area contributed by atoms with Gasteiger partial charge in [-0.3, -0.25) is 9.36 Å². The van der Waals surface area contributed by atoms with Crippen LogP contribution in [0.4, 0.5) is 4.79 Å². The molecule has 19 heavy (non-hydrogen) atoms. The fourth-order valence-electron chi connectivity index (χ4n) is 2.05. The first-order valence-corrected chi connectivity index (χ1v) is 6.36. The second-order valence-corrected chi connectivity index (χ2v) is 5.84. The first-order valence-electron chi connectivity index (χ1n) is 6.36. The molecule has 1 amide bonds. The second-order valence-electron chi connectivity index (χ2n) is 5.84. The van der Waals surface area contributed by atoms with Gasteiger partial charge in [0.05, 0.1) is 0 Å². The molecule has 1 fully saturated rings. The zero-order chi connectivity index (χ0) is 14.1. The molecule has 1 saturated carbocycles. The molecule has 6 nitrogen and oxygen atoms in total. The maximum atomic E-state index is 12.4. The van der Waals surface area contributed by atoms with Crippen LogP contribution in [0.1, 0.15) is 44.8 Å². The lowest BCUT2D eigenvalue weighted by Gasteiger charge is -2.40. The molecule has 0 aromatic carbocycles. The minimum absolute atomic E-state index is 0.165. The van der Waals surface area contributed by atoms with E-state index in [-0.39, 0.29) is 5.91 Å². The lowest BCUT2D eigenvalue weighted by molar-refractivity contribution is 0.0328. The molecule has 1 heterocycles. The molecule has 6 heteroatoms. The van der Waals surface area contributed by atoms with Gasteiger partial charge in [-0.2, -0.15) is 0 Å². The smallest absolute Gasteiger partial charge is 0.408 e. The van der Waals surface area contributed by atoms with Crippen molar-refractivity contribution in [2.24, 2.45) is 0 Å². The molecule has 1 aromatic heterocycles. The van der Waals surface area contributed by atoms with Crippen molar-refractivity contribution < 1.29 is 14.3 Å². The van der Waals surface area contributed by atoms with Crippen molar-refractivity contribution in [3.05, 3.63) is 18.7 Å². The lowest BCUT2D eigenvalue weighted by atomic mass is 9.76. The van der Waals surface area contributed by atoms with Gasteiger partial charge in [-0.1, -0.05) is 0 Å². The zero-order valence-electron chi connectivity index (χ0n) is 11.5. The minimum Gasteiger partial charge on any atom is -0.444 e. The number of alkyl carbamates (subject to hydrolysis) is 1. The molecule has 1 aromatic rings. The highest BCUT2D eigenvalue weighted by atomic mass is 16.6. The number of ether oxygens (including phenoxy) is 1. The average molecular weight is 265 g/mol. The summed E-state index contributed by atoms with van der Waals surface area (Å²) in [6, 6.07) is 0. The summed E-state index contributed by atoms with van der Waals surface area (Å²) in [7, 11) is 0. The summed E-state index contributed by atoms with van der Waals surface area (Å²) in [5.41, 5.74) is -1.42. The van der Waals surface area contributed by atoms with Crippen LogP contribution in [0.3, 0.4) is 0 Å². The fraction of sp³-hybridized carbons (Fsp3) is 0.615. The quantitative estimate of drug-likeness (QED) is 0.887. The zero-order valence-corrected chi connectivity index (χ0v) is 11.5. The third-order valence-corrected chi connectivity index (χ3v) is 3.10. The van der Waals surface area contributed by atoms with Gasteiger partial charge < -0.3 is 10.1 Å². The summed E-state index contributed by atoms with van der Waals surface area (Å²) in [5, 5.41) is 2.72. The van der Waals surface area contributed by atoms with E-state index in [0.717, 1.165) is 6.42 Å². The van der Waals surface area contributed by atoms with E-state index in [0.29, 0.717) is 12.8 Å². The summed E-state index contributed by atoms with van der Waals surface area (Å²) < 4.78 is 6.61. The van der Waals surface area contributed by atoms with Crippen LogP contribution < -0.4 is 5.32 Å². The van der Waals surface area contributed by atoms with Gasteiger partial charge in [-0.05, 0) is 40.0 Å². The average Bonchev–Trinajstić information content (AvgIpc) is 2.73. The van der Waals surface area contributed by atoms with Crippen molar-refractivity contribution in [2.45, 2.75) is 51.2 Å². The monoisotopic (exact) mass is 265 g/mol. The number of aromatic nitrogens is 2. The Morgan fingerprint density at radius 3 is 2.47 bits per heavy atom. The van der Waals surface area contributed by atoms with E-state index in [4.69, 9.17) is 4.74 Å². The summed E-state index contributed by atoms with van der Waals surface area (Å²) >= 11 is 0. The molecule has 0 aliphatic heterocycles. The second kappa shape index (κ2) is 4.68. The maximum absolute atomic E-state index is 12.4. The van der Waals surface area contributed by atoms with Gasteiger partial charge in [-0.25, -0.2) is 9.78 Å². The Morgan fingerprint density at radius 1 is 1.37 bits per heavy atom. The molecule has 1 N–H and O–H groups in total. The first-order chi connectivity index (χ1) is 8.82. The fourth-order valence-corrected chi connectivity index (χ4v) is 2.05. The number of carbonyl (C=O) groups is 2. The van der Waals surface area contributed by atoms with Crippen LogP contribution >= 0.6 is 0 Å². The molecule has 1 aliphatic carbocycles. The normalized spacial score (nSPS) is 17.4. The Hall–Kier alpha value is -1.85. The van der Waals surface area contributed by atoms with Crippen molar-refractivity contribution in [2.75, 3.05) is 0 Å². The molecule has 0 unspecified atom stereocenters. The minimum atomic E-state index is -0.844. The molecule has 2 rings (SSSR count). The van der Waals surface area contributed by atoms with Gasteiger partial charge in [-0.15, -0.1) is 0 Å². The van der Waals surface area contributed by atoms with E-state index in [1.807, 2.05) is 0 Å². The van der Waals surface area contributed by atoms with E-state index in [1.54, 1.807) is 27.0 Å². The third kappa shape index (κ3) is 2.94. The predicted molar refractivity (Wildman–Crippen MR) is 68.8 cm³/mol. The summed E-state index contributed by atoms with van der Waals surface area (Å²) in [5.74, 6) is -0.165. The SMILES string of the molecule is CC(C)(C)OC(=O)NC1(C(=O)n2ccnc2)CCC1. The summed E-state index contributed by atoms with van der Waals surface area (Å²) in [4.78, 5) is 28.0. The standard InChI is InChI=1S/C13H19N3O3/c1-12(2,3)19-11(18)15-13(5-4-6-13)10(17)16-8-7-14-9-16/h7-9H,4-6H2,1-3H3,(H,15,18). The molecular formula is C13H19N3O3.